The lowest BCUT2D eigenvalue weighted by Gasteiger charge is -2.22. The molecule has 1 aliphatic heterocycles. The average Bonchev–Trinajstić information content (AvgIpc) is 3.59. The largest absolute Gasteiger partial charge is 0.485 e. The number of methoxy groups -OCH3 is 1. The summed E-state index contributed by atoms with van der Waals surface area (Å²) in [6.45, 7) is 1.81. The van der Waals surface area contributed by atoms with Gasteiger partial charge in [-0.15, -0.1) is 11.3 Å². The van der Waals surface area contributed by atoms with E-state index in [2.05, 4.69) is 15.0 Å². The number of hydrogen-bond acceptors (Lipinski definition) is 10. The highest BCUT2D eigenvalue weighted by Crippen LogP contribution is 2.43. The number of ether oxygens (including phenoxy) is 3. The lowest BCUT2D eigenvalue weighted by atomic mass is 10.1. The van der Waals surface area contributed by atoms with Crippen LogP contribution in [0.2, 0.25) is 0 Å². The van der Waals surface area contributed by atoms with Crippen LogP contribution < -0.4 is 19.1 Å². The molecule has 0 aliphatic carbocycles. The van der Waals surface area contributed by atoms with Gasteiger partial charge in [0.2, 0.25) is 11.8 Å². The molecule has 3 aromatic heterocycles. The summed E-state index contributed by atoms with van der Waals surface area (Å²) >= 11 is 1.40. The second kappa shape index (κ2) is 10.7. The van der Waals surface area contributed by atoms with Crippen molar-refractivity contribution in [1.29, 1.82) is 0 Å². The quantitative estimate of drug-likeness (QED) is 0.269. The van der Waals surface area contributed by atoms with Crippen LogP contribution in [0.5, 0.6) is 17.5 Å². The highest BCUT2D eigenvalue weighted by Gasteiger charge is 2.33. The van der Waals surface area contributed by atoms with Gasteiger partial charge >= 0.3 is 6.09 Å². The van der Waals surface area contributed by atoms with Crippen molar-refractivity contribution in [2.45, 2.75) is 19.4 Å². The number of carboxylic acid groups (broad SMARTS) is 1. The van der Waals surface area contributed by atoms with Crippen LogP contribution in [0.3, 0.4) is 0 Å². The van der Waals surface area contributed by atoms with Crippen molar-refractivity contribution in [3.8, 4) is 28.1 Å². The molecule has 1 aliphatic rings. The van der Waals surface area contributed by atoms with E-state index in [9.17, 15) is 9.90 Å². The van der Waals surface area contributed by atoms with Gasteiger partial charge in [0, 0.05) is 29.7 Å². The van der Waals surface area contributed by atoms with Crippen molar-refractivity contribution < 1.29 is 33.6 Å². The minimum atomic E-state index is -1.20. The molecule has 1 atom stereocenters. The highest BCUT2D eigenvalue weighted by molar-refractivity contribution is 7.22. The Hall–Kier alpha value is -4.62. The summed E-state index contributed by atoms with van der Waals surface area (Å²) in [6, 6.07) is 8.29. The molecule has 210 valence electrons. The third kappa shape index (κ3) is 5.05. The molecule has 2 N–H and O–H groups in total. The third-order valence-corrected chi connectivity index (χ3v) is 7.76. The molecule has 6 rings (SSSR count). The van der Waals surface area contributed by atoms with E-state index in [1.165, 1.54) is 36.8 Å². The Balaban J connectivity index is 1.31. The van der Waals surface area contributed by atoms with E-state index in [1.807, 2.05) is 19.1 Å². The zero-order valence-corrected chi connectivity index (χ0v) is 22.8. The minimum Gasteiger partial charge on any atom is -0.485 e. The molecule has 41 heavy (non-hydrogen) atoms. The molecule has 0 saturated carbocycles. The van der Waals surface area contributed by atoms with Gasteiger partial charge in [-0.05, 0) is 30.7 Å². The van der Waals surface area contributed by atoms with Gasteiger partial charge in [0.05, 0.1) is 59.6 Å². The predicted molar refractivity (Wildman–Crippen MR) is 150 cm³/mol. The van der Waals surface area contributed by atoms with E-state index in [0.29, 0.717) is 45.1 Å². The Morgan fingerprint density at radius 2 is 2.02 bits per heavy atom. The predicted octanol–water partition coefficient (Wildman–Crippen LogP) is 4.62. The zero-order chi connectivity index (χ0) is 28.7. The van der Waals surface area contributed by atoms with Gasteiger partial charge in [0.15, 0.2) is 11.6 Å². The number of halogens is 1. The number of pyridine rings is 1. The molecule has 13 heteroatoms. The number of aliphatic hydroxyl groups is 1. The van der Waals surface area contributed by atoms with Crippen LogP contribution in [0, 0.1) is 12.7 Å². The van der Waals surface area contributed by atoms with Gasteiger partial charge in [0.25, 0.3) is 0 Å². The fourth-order valence-electron chi connectivity index (χ4n) is 4.82. The summed E-state index contributed by atoms with van der Waals surface area (Å²) < 4.78 is 32.4. The first-order chi connectivity index (χ1) is 19.8. The van der Waals surface area contributed by atoms with Gasteiger partial charge in [-0.25, -0.2) is 29.1 Å². The van der Waals surface area contributed by atoms with Crippen LogP contribution in [0.25, 0.3) is 31.8 Å². The summed E-state index contributed by atoms with van der Waals surface area (Å²) in [4.78, 5) is 31.1. The average molecular weight is 578 g/mol. The number of aliphatic hydroxyl groups excluding tert-OH is 1. The first-order valence-corrected chi connectivity index (χ1v) is 13.5. The molecular weight excluding hydrogens is 553 g/mol. The van der Waals surface area contributed by atoms with E-state index in [0.717, 1.165) is 20.7 Å². The molecule has 0 spiro atoms. The van der Waals surface area contributed by atoms with Crippen LogP contribution in [0.15, 0.2) is 42.7 Å². The molecule has 1 amide bonds. The number of rotatable bonds is 8. The minimum absolute atomic E-state index is 0.0466. The molecule has 0 unspecified atom stereocenters. The first kappa shape index (κ1) is 26.6. The first-order valence-electron chi connectivity index (χ1n) is 12.6. The van der Waals surface area contributed by atoms with Gasteiger partial charge < -0.3 is 24.4 Å². The summed E-state index contributed by atoms with van der Waals surface area (Å²) in [7, 11) is 1.53. The summed E-state index contributed by atoms with van der Waals surface area (Å²) in [6.07, 6.45) is 1.37. The number of aromatic nitrogens is 4. The number of anilines is 1. The molecular formula is C28H24FN5O6S. The summed E-state index contributed by atoms with van der Waals surface area (Å²) in [5.41, 5.74) is 4.49. The number of fused-ring (bicyclic) bond motifs is 4. The molecule has 0 saturated heterocycles. The number of nitrogens with zero attached hydrogens (tertiary/aromatic N) is 5. The molecule has 0 fully saturated rings. The van der Waals surface area contributed by atoms with Crippen LogP contribution in [-0.2, 0) is 6.42 Å². The van der Waals surface area contributed by atoms with E-state index in [4.69, 9.17) is 24.3 Å². The van der Waals surface area contributed by atoms with Crippen molar-refractivity contribution in [2.24, 2.45) is 0 Å². The van der Waals surface area contributed by atoms with Crippen LogP contribution in [-0.4, -0.2) is 69.2 Å². The number of carbonyl (C=O) groups is 1. The van der Waals surface area contributed by atoms with Gasteiger partial charge in [-0.3, -0.25) is 4.90 Å². The lowest BCUT2D eigenvalue weighted by molar-refractivity contribution is 0.190. The summed E-state index contributed by atoms with van der Waals surface area (Å²) in [5.74, 6) is 0.208. The fourth-order valence-corrected chi connectivity index (χ4v) is 5.93. The van der Waals surface area contributed by atoms with E-state index in [1.54, 1.807) is 12.3 Å². The van der Waals surface area contributed by atoms with Crippen molar-refractivity contribution in [2.75, 3.05) is 31.8 Å². The molecule has 0 radical (unpaired) electrons. The van der Waals surface area contributed by atoms with Crippen LogP contribution in [0.4, 0.5) is 14.9 Å². The molecule has 5 aromatic rings. The second-order valence-electron chi connectivity index (χ2n) is 9.39. The van der Waals surface area contributed by atoms with Gasteiger partial charge in [0.1, 0.15) is 17.7 Å². The Kier molecular flexibility index (Phi) is 6.97. The number of aryl methyl sites for hydroxylation is 1. The van der Waals surface area contributed by atoms with Crippen LogP contribution >= 0.6 is 11.3 Å². The van der Waals surface area contributed by atoms with Crippen LogP contribution in [0.1, 0.15) is 11.1 Å². The molecule has 2 aromatic carbocycles. The molecule has 11 nitrogen and oxygen atoms in total. The topological polar surface area (TPSA) is 140 Å². The fraction of sp³-hybridized carbons (Fsp3) is 0.250. The monoisotopic (exact) mass is 577 g/mol. The smallest absolute Gasteiger partial charge is 0.411 e. The van der Waals surface area contributed by atoms with Crippen molar-refractivity contribution in [3.05, 3.63) is 59.7 Å². The lowest BCUT2D eigenvalue weighted by Crippen LogP contribution is -2.38. The second-order valence-corrected chi connectivity index (χ2v) is 10.4. The van der Waals surface area contributed by atoms with E-state index < -0.39 is 18.0 Å². The molecule has 4 heterocycles. The normalized spacial score (nSPS) is 14.2. The number of amides is 1. The Bertz CT molecular complexity index is 1780. The standard InChI is InChI=1S/C28H24FN5O6S/c1-14-7-17(24-20(8-14)32-23(38-2)12-31-24)27-33-21-10-19(29)25-18(26(21)41-27)9-16(40-25)13-34(28(36)37)15-3-4-22(30-11-15)39-6-5-35/h3-4,7-8,10-12,16,35H,5-6,9,13H2,1-2H3,(H,36,37)/t16-/m1/s1. The van der Waals surface area contributed by atoms with E-state index >= 15 is 4.39 Å². The summed E-state index contributed by atoms with van der Waals surface area (Å²) in [5, 5.41) is 19.4. The van der Waals surface area contributed by atoms with Crippen molar-refractivity contribution in [1.82, 2.24) is 19.9 Å². The Morgan fingerprint density at radius 3 is 2.76 bits per heavy atom. The highest BCUT2D eigenvalue weighted by atomic mass is 32.1. The number of benzene rings is 2. The third-order valence-electron chi connectivity index (χ3n) is 6.60. The Labute approximate surface area is 236 Å². The number of thiazole rings is 1. The van der Waals surface area contributed by atoms with Gasteiger partial charge in [-0.2, -0.15) is 0 Å². The zero-order valence-electron chi connectivity index (χ0n) is 22.0. The van der Waals surface area contributed by atoms with E-state index in [-0.39, 0.29) is 31.4 Å². The van der Waals surface area contributed by atoms with Crippen molar-refractivity contribution in [3.63, 3.8) is 0 Å². The Morgan fingerprint density at radius 1 is 1.17 bits per heavy atom. The maximum absolute atomic E-state index is 15.2. The maximum Gasteiger partial charge on any atom is 0.411 e. The maximum atomic E-state index is 15.2. The number of hydrogen-bond donors (Lipinski definition) is 2. The SMILES string of the molecule is COc1cnc2c(-c3nc4cc(F)c5c(c4s3)C[C@H](CN(C(=O)O)c3ccc(OCCO)nc3)O5)cc(C)cc2n1. The molecule has 0 bridgehead atoms. The van der Waals surface area contributed by atoms with Crippen molar-refractivity contribution >= 4 is 44.4 Å². The van der Waals surface area contributed by atoms with Gasteiger partial charge in [-0.1, -0.05) is 0 Å².